The van der Waals surface area contributed by atoms with Crippen LogP contribution in [0.5, 0.6) is 0 Å². The van der Waals surface area contributed by atoms with Gasteiger partial charge in [-0.25, -0.2) is 4.57 Å². The van der Waals surface area contributed by atoms with Gasteiger partial charge in [-0.1, -0.05) is 0 Å². The van der Waals surface area contributed by atoms with Crippen molar-refractivity contribution in [1.29, 1.82) is 0 Å². The number of hydrogen-bond donors (Lipinski definition) is 6. The van der Waals surface area contributed by atoms with Crippen molar-refractivity contribution in [2.24, 2.45) is 0 Å². The van der Waals surface area contributed by atoms with E-state index in [1.807, 2.05) is 5.32 Å². The first-order chi connectivity index (χ1) is 8.58. The van der Waals surface area contributed by atoms with Gasteiger partial charge in [-0.15, -0.1) is 0 Å². The van der Waals surface area contributed by atoms with E-state index in [0.717, 1.165) is 6.92 Å². The molecule has 0 spiro atoms. The quantitative estimate of drug-likeness (QED) is 0.200. The molecule has 0 aliphatic rings. The molecule has 4 atom stereocenters. The van der Waals surface area contributed by atoms with E-state index < -0.39 is 44.7 Å². The molecule has 0 radical (unpaired) electrons. The van der Waals surface area contributed by atoms with Crippen LogP contribution in [0.25, 0.3) is 0 Å². The Kier molecular flexibility index (Phi) is 7.30. The molecule has 0 fully saturated rings. The van der Waals surface area contributed by atoms with Gasteiger partial charge in [0.15, 0.2) is 0 Å². The molecule has 1 amide bonds. The van der Waals surface area contributed by atoms with Crippen molar-refractivity contribution < 1.29 is 43.8 Å². The predicted octanol–water partition coefficient (Wildman–Crippen LogP) is -3.12. The summed E-state index contributed by atoms with van der Waals surface area (Å²) < 4.78 is 14.3. The third-order valence-corrected chi connectivity index (χ3v) is 2.53. The Morgan fingerprint density at radius 3 is 2.21 bits per heavy atom. The minimum atomic E-state index is -4.83. The van der Waals surface area contributed by atoms with Crippen molar-refractivity contribution in [3.63, 3.8) is 0 Å². The number of rotatable bonds is 8. The van der Waals surface area contributed by atoms with E-state index in [0.29, 0.717) is 0 Å². The fraction of sp³-hybridized carbons (Fsp3) is 0.750. The Hall–Kier alpha value is -0.870. The minimum absolute atomic E-state index is 0.145. The van der Waals surface area contributed by atoms with E-state index in [9.17, 15) is 29.5 Å². The van der Waals surface area contributed by atoms with Crippen molar-refractivity contribution in [2.45, 2.75) is 31.3 Å². The van der Waals surface area contributed by atoms with Crippen LogP contribution in [0.4, 0.5) is 0 Å². The van der Waals surface area contributed by atoms with Crippen molar-refractivity contribution in [2.75, 3.05) is 6.61 Å². The maximum absolute atomic E-state index is 10.7. The summed E-state index contributed by atoms with van der Waals surface area (Å²) in [6.07, 6.45) is -5.53. The SMILES string of the molecule is CC(=O)N[C@@H](C=O)[C@@H](O)[C@H](O)[C@H](O)COP(=O)(O)O. The van der Waals surface area contributed by atoms with Crippen LogP contribution < -0.4 is 5.32 Å². The molecule has 0 saturated carbocycles. The number of carbonyl (C=O) groups is 2. The van der Waals surface area contributed by atoms with Crippen LogP contribution in [0.3, 0.4) is 0 Å². The van der Waals surface area contributed by atoms with Crippen LogP contribution in [-0.2, 0) is 18.7 Å². The fourth-order valence-electron chi connectivity index (χ4n) is 1.15. The highest BCUT2D eigenvalue weighted by Crippen LogP contribution is 2.35. The first kappa shape index (κ1) is 18.1. The largest absolute Gasteiger partial charge is 0.469 e. The Morgan fingerprint density at radius 1 is 1.32 bits per heavy atom. The molecule has 0 aromatic heterocycles. The molecule has 0 aromatic carbocycles. The normalized spacial score (nSPS) is 18.2. The maximum atomic E-state index is 10.7. The van der Waals surface area contributed by atoms with E-state index in [1.54, 1.807) is 0 Å². The third kappa shape index (κ3) is 7.33. The number of aliphatic hydroxyl groups excluding tert-OH is 3. The Balaban J connectivity index is 4.51. The summed E-state index contributed by atoms with van der Waals surface area (Å²) in [7, 11) is -4.83. The van der Waals surface area contributed by atoms with Crippen LogP contribution in [0.2, 0.25) is 0 Å². The van der Waals surface area contributed by atoms with Crippen molar-refractivity contribution in [1.82, 2.24) is 5.32 Å². The molecule has 0 saturated heterocycles. The molecule has 0 heterocycles. The van der Waals surface area contributed by atoms with Crippen LogP contribution in [0, 0.1) is 0 Å². The summed E-state index contributed by atoms with van der Waals surface area (Å²) >= 11 is 0. The molecule has 10 nitrogen and oxygen atoms in total. The number of phosphoric ester groups is 1. The monoisotopic (exact) mass is 301 g/mol. The first-order valence-corrected chi connectivity index (χ1v) is 6.58. The highest BCUT2D eigenvalue weighted by molar-refractivity contribution is 7.46. The van der Waals surface area contributed by atoms with Gasteiger partial charge in [0.25, 0.3) is 0 Å². The summed E-state index contributed by atoms with van der Waals surface area (Å²) in [5.41, 5.74) is 0. The minimum Gasteiger partial charge on any atom is -0.388 e. The van der Waals surface area contributed by atoms with Gasteiger partial charge in [0.05, 0.1) is 6.61 Å². The summed E-state index contributed by atoms with van der Waals surface area (Å²) in [4.78, 5) is 38.1. The third-order valence-electron chi connectivity index (χ3n) is 2.04. The zero-order chi connectivity index (χ0) is 15.2. The molecule has 0 aromatic rings. The van der Waals surface area contributed by atoms with Crippen LogP contribution in [-0.4, -0.2) is 68.3 Å². The van der Waals surface area contributed by atoms with E-state index in [4.69, 9.17) is 9.79 Å². The standard InChI is InChI=1S/C8H16NO9P/c1-4(11)9-5(2-10)7(13)8(14)6(12)3-18-19(15,16)17/h2,5-8,12-14H,3H2,1H3,(H,9,11)(H2,15,16,17)/t5-,6+,7+,8+/m0/s1. The Bertz CT molecular complexity index is 356. The van der Waals surface area contributed by atoms with E-state index in [1.165, 1.54) is 0 Å². The lowest BCUT2D eigenvalue weighted by molar-refractivity contribution is -0.129. The molecule has 0 bridgehead atoms. The summed E-state index contributed by atoms with van der Waals surface area (Å²) in [6.45, 7) is 0.108. The topological polar surface area (TPSA) is 174 Å². The second kappa shape index (κ2) is 7.65. The van der Waals surface area contributed by atoms with Gasteiger partial charge in [0, 0.05) is 6.92 Å². The van der Waals surface area contributed by atoms with Gasteiger partial charge in [0.1, 0.15) is 30.6 Å². The zero-order valence-corrected chi connectivity index (χ0v) is 10.8. The summed E-state index contributed by atoms with van der Waals surface area (Å²) in [6, 6.07) is -1.47. The molecule has 6 N–H and O–H groups in total. The lowest BCUT2D eigenvalue weighted by atomic mass is 10.0. The average molecular weight is 301 g/mol. The lowest BCUT2D eigenvalue weighted by Crippen LogP contribution is -2.53. The zero-order valence-electron chi connectivity index (χ0n) is 9.91. The maximum Gasteiger partial charge on any atom is 0.469 e. The molecule has 11 heteroatoms. The number of aliphatic hydroxyl groups is 3. The Labute approximate surface area is 108 Å². The molecular formula is C8H16NO9P. The van der Waals surface area contributed by atoms with Gasteiger partial charge in [-0.05, 0) is 0 Å². The molecule has 0 rings (SSSR count). The van der Waals surface area contributed by atoms with Crippen LogP contribution in [0.15, 0.2) is 0 Å². The van der Waals surface area contributed by atoms with Gasteiger partial charge in [0.2, 0.25) is 5.91 Å². The molecule has 0 unspecified atom stereocenters. The smallest absolute Gasteiger partial charge is 0.388 e. The van der Waals surface area contributed by atoms with Crippen molar-refractivity contribution in [3.8, 4) is 0 Å². The fourth-order valence-corrected chi connectivity index (χ4v) is 1.49. The number of aldehydes is 1. The van der Waals surface area contributed by atoms with Crippen LogP contribution in [0.1, 0.15) is 6.92 Å². The molecule has 112 valence electrons. The van der Waals surface area contributed by atoms with Gasteiger partial charge < -0.3 is 35.2 Å². The number of nitrogens with one attached hydrogen (secondary N) is 1. The number of carbonyl (C=O) groups excluding carboxylic acids is 2. The van der Waals surface area contributed by atoms with Gasteiger partial charge >= 0.3 is 7.82 Å². The first-order valence-electron chi connectivity index (χ1n) is 5.05. The van der Waals surface area contributed by atoms with Crippen LogP contribution >= 0.6 is 7.82 Å². The number of phosphoric acid groups is 1. The lowest BCUT2D eigenvalue weighted by Gasteiger charge is -2.26. The second-order valence-corrected chi connectivity index (χ2v) is 4.94. The highest BCUT2D eigenvalue weighted by atomic mass is 31.2. The number of amides is 1. The summed E-state index contributed by atoms with van der Waals surface area (Å²) in [5.74, 6) is -0.649. The predicted molar refractivity (Wildman–Crippen MR) is 59.7 cm³/mol. The molecule has 0 aliphatic heterocycles. The molecule has 0 aliphatic carbocycles. The molecule has 19 heavy (non-hydrogen) atoms. The number of hydrogen-bond acceptors (Lipinski definition) is 7. The second-order valence-electron chi connectivity index (χ2n) is 3.70. The van der Waals surface area contributed by atoms with Crippen molar-refractivity contribution in [3.05, 3.63) is 0 Å². The van der Waals surface area contributed by atoms with Gasteiger partial charge in [-0.3, -0.25) is 9.32 Å². The van der Waals surface area contributed by atoms with Gasteiger partial charge in [-0.2, -0.15) is 0 Å². The van der Waals surface area contributed by atoms with E-state index >= 15 is 0 Å². The van der Waals surface area contributed by atoms with E-state index in [-0.39, 0.29) is 6.29 Å². The van der Waals surface area contributed by atoms with E-state index in [2.05, 4.69) is 4.52 Å². The van der Waals surface area contributed by atoms with Crippen molar-refractivity contribution >= 4 is 20.0 Å². The average Bonchev–Trinajstić information content (AvgIpc) is 2.29. The Morgan fingerprint density at radius 2 is 1.84 bits per heavy atom. The highest BCUT2D eigenvalue weighted by Gasteiger charge is 2.33. The summed E-state index contributed by atoms with van der Waals surface area (Å²) in [5, 5.41) is 30.3. The molecular weight excluding hydrogens is 285 g/mol.